The van der Waals surface area contributed by atoms with Crippen molar-refractivity contribution in [2.24, 2.45) is 5.92 Å². The minimum Gasteiger partial charge on any atom is -0.338 e. The average molecular weight is 494 g/mol. The molecule has 2 aromatic rings. The maximum atomic E-state index is 12.9. The van der Waals surface area contributed by atoms with Crippen LogP contribution < -0.4 is 5.32 Å². The normalized spacial score (nSPS) is 16.5. The summed E-state index contributed by atoms with van der Waals surface area (Å²) in [7, 11) is 0. The van der Waals surface area contributed by atoms with Crippen molar-refractivity contribution in [3.05, 3.63) is 61.3 Å². The molecule has 2 amide bonds. The Morgan fingerprint density at radius 3 is 2.79 bits per heavy atom. The second-order valence-electron chi connectivity index (χ2n) is 6.72. The molecule has 1 aromatic carbocycles. The minimum atomic E-state index is -0.520. The lowest BCUT2D eigenvalue weighted by atomic mass is 9.96. The van der Waals surface area contributed by atoms with Gasteiger partial charge in [0.25, 0.3) is 11.6 Å². The van der Waals surface area contributed by atoms with Gasteiger partial charge in [-0.2, -0.15) is 0 Å². The SMILES string of the molecule is Cc1ccc(NC(=O)C2CCCN(C(=O)c3cc([N+](=O)[O-])ccc3I)C2)nc1. The first-order valence-corrected chi connectivity index (χ1v) is 9.90. The predicted molar refractivity (Wildman–Crippen MR) is 112 cm³/mol. The van der Waals surface area contributed by atoms with Crippen LogP contribution in [0, 0.1) is 26.5 Å². The van der Waals surface area contributed by atoms with Gasteiger partial charge in [0.15, 0.2) is 0 Å². The molecule has 1 aliphatic heterocycles. The number of hydrogen-bond acceptors (Lipinski definition) is 5. The fourth-order valence-electron chi connectivity index (χ4n) is 3.11. The van der Waals surface area contributed by atoms with Crippen LogP contribution in [0.15, 0.2) is 36.5 Å². The summed E-state index contributed by atoms with van der Waals surface area (Å²) in [4.78, 5) is 41.8. The molecule has 0 radical (unpaired) electrons. The molecule has 3 rings (SSSR count). The molecular formula is C19H19IN4O4. The van der Waals surface area contributed by atoms with Crippen LogP contribution in [0.4, 0.5) is 11.5 Å². The summed E-state index contributed by atoms with van der Waals surface area (Å²) in [5, 5.41) is 13.8. The summed E-state index contributed by atoms with van der Waals surface area (Å²) in [6.07, 6.45) is 3.04. The molecule has 9 heteroatoms. The second-order valence-corrected chi connectivity index (χ2v) is 7.88. The lowest BCUT2D eigenvalue weighted by molar-refractivity contribution is -0.384. The Hall–Kier alpha value is -2.56. The third-order valence-electron chi connectivity index (χ3n) is 4.63. The number of likely N-dealkylation sites (tertiary alicyclic amines) is 1. The first kappa shape index (κ1) is 20.2. The largest absolute Gasteiger partial charge is 0.338 e. The predicted octanol–water partition coefficient (Wildman–Crippen LogP) is 3.39. The topological polar surface area (TPSA) is 105 Å². The number of anilines is 1. The fourth-order valence-corrected chi connectivity index (χ4v) is 3.67. The number of hydrogen-bond donors (Lipinski definition) is 1. The van der Waals surface area contributed by atoms with Gasteiger partial charge in [-0.1, -0.05) is 6.07 Å². The number of non-ortho nitro benzene ring substituents is 1. The standard InChI is InChI=1S/C19H19IN4O4/c1-12-4-7-17(21-10-12)22-18(25)13-3-2-8-23(11-13)19(26)15-9-14(24(27)28)5-6-16(15)20/h4-7,9-10,13H,2-3,8,11H2,1H3,(H,21,22,25). The van der Waals surface area contributed by atoms with Crippen LogP contribution in [0.2, 0.25) is 0 Å². The summed E-state index contributed by atoms with van der Waals surface area (Å²) < 4.78 is 0.642. The molecule has 1 N–H and O–H groups in total. The number of pyridine rings is 1. The monoisotopic (exact) mass is 494 g/mol. The van der Waals surface area contributed by atoms with Gasteiger partial charge in [0, 0.05) is 35.0 Å². The van der Waals surface area contributed by atoms with Crippen molar-refractivity contribution in [2.45, 2.75) is 19.8 Å². The number of amides is 2. The molecule has 1 aliphatic rings. The highest BCUT2D eigenvalue weighted by molar-refractivity contribution is 14.1. The number of nitrogens with one attached hydrogen (secondary N) is 1. The number of nitro benzene ring substituents is 1. The van der Waals surface area contributed by atoms with Gasteiger partial charge >= 0.3 is 0 Å². The van der Waals surface area contributed by atoms with Crippen LogP contribution in [0.25, 0.3) is 0 Å². The summed E-state index contributed by atoms with van der Waals surface area (Å²) >= 11 is 1.99. The number of carbonyl (C=O) groups is 2. The van der Waals surface area contributed by atoms with Crippen molar-refractivity contribution in [1.29, 1.82) is 0 Å². The fraction of sp³-hybridized carbons (Fsp3) is 0.316. The van der Waals surface area contributed by atoms with Crippen LogP contribution >= 0.6 is 22.6 Å². The Morgan fingerprint density at radius 2 is 2.11 bits per heavy atom. The van der Waals surface area contributed by atoms with E-state index >= 15 is 0 Å². The molecule has 2 heterocycles. The lowest BCUT2D eigenvalue weighted by Crippen LogP contribution is -2.44. The van der Waals surface area contributed by atoms with Crippen molar-refractivity contribution in [3.63, 3.8) is 0 Å². The number of benzene rings is 1. The average Bonchev–Trinajstić information content (AvgIpc) is 2.69. The molecule has 1 aromatic heterocycles. The zero-order chi connectivity index (χ0) is 20.3. The number of aromatic nitrogens is 1. The van der Waals surface area contributed by atoms with Crippen molar-refractivity contribution >= 4 is 45.9 Å². The number of carbonyl (C=O) groups excluding carboxylic acids is 2. The molecule has 1 atom stereocenters. The summed E-state index contributed by atoms with van der Waals surface area (Å²) in [6.45, 7) is 2.71. The van der Waals surface area contributed by atoms with Gasteiger partial charge in [0.05, 0.1) is 16.4 Å². The van der Waals surface area contributed by atoms with E-state index in [4.69, 9.17) is 0 Å². The Bertz CT molecular complexity index is 917. The van der Waals surface area contributed by atoms with Crippen molar-refractivity contribution in [2.75, 3.05) is 18.4 Å². The Balaban J connectivity index is 1.71. The van der Waals surface area contributed by atoms with Gasteiger partial charge in [-0.25, -0.2) is 4.98 Å². The summed E-state index contributed by atoms with van der Waals surface area (Å²) in [5.74, 6) is -0.342. The Morgan fingerprint density at radius 1 is 1.32 bits per heavy atom. The number of halogens is 1. The van der Waals surface area contributed by atoms with Gasteiger partial charge in [-0.05, 0) is 60.1 Å². The molecule has 28 heavy (non-hydrogen) atoms. The van der Waals surface area contributed by atoms with Crippen LogP contribution in [0.5, 0.6) is 0 Å². The van der Waals surface area contributed by atoms with E-state index in [-0.39, 0.29) is 35.5 Å². The number of nitro groups is 1. The molecule has 8 nitrogen and oxygen atoms in total. The number of aryl methyl sites for hydroxylation is 1. The zero-order valence-electron chi connectivity index (χ0n) is 15.2. The van der Waals surface area contributed by atoms with E-state index < -0.39 is 4.92 Å². The quantitative estimate of drug-likeness (QED) is 0.399. The van der Waals surface area contributed by atoms with E-state index in [1.165, 1.54) is 12.1 Å². The molecule has 0 spiro atoms. The molecule has 1 fully saturated rings. The highest BCUT2D eigenvalue weighted by Crippen LogP contribution is 2.24. The van der Waals surface area contributed by atoms with E-state index in [9.17, 15) is 19.7 Å². The molecule has 0 bridgehead atoms. The highest BCUT2D eigenvalue weighted by atomic mass is 127. The molecule has 146 valence electrons. The van der Waals surface area contributed by atoms with Crippen LogP contribution in [-0.4, -0.2) is 39.7 Å². The van der Waals surface area contributed by atoms with Gasteiger partial charge < -0.3 is 10.2 Å². The molecule has 0 aliphatic carbocycles. The van der Waals surface area contributed by atoms with Crippen LogP contribution in [-0.2, 0) is 4.79 Å². The van der Waals surface area contributed by atoms with Gasteiger partial charge in [0.1, 0.15) is 5.82 Å². The van der Waals surface area contributed by atoms with E-state index in [0.29, 0.717) is 28.8 Å². The second kappa shape index (κ2) is 8.63. The molecule has 0 saturated carbocycles. The van der Waals surface area contributed by atoms with Crippen LogP contribution in [0.1, 0.15) is 28.8 Å². The van der Waals surface area contributed by atoms with Crippen LogP contribution in [0.3, 0.4) is 0 Å². The first-order chi connectivity index (χ1) is 13.3. The molecular weight excluding hydrogens is 475 g/mol. The van der Waals surface area contributed by atoms with E-state index in [0.717, 1.165) is 5.56 Å². The maximum Gasteiger partial charge on any atom is 0.270 e. The smallest absolute Gasteiger partial charge is 0.270 e. The third kappa shape index (κ3) is 4.64. The number of nitrogens with zero attached hydrogens (tertiary/aromatic N) is 3. The van der Waals surface area contributed by atoms with E-state index in [2.05, 4.69) is 10.3 Å². The number of rotatable bonds is 4. The van der Waals surface area contributed by atoms with Gasteiger partial charge in [0.2, 0.25) is 5.91 Å². The van der Waals surface area contributed by atoms with E-state index in [1.807, 2.05) is 35.6 Å². The summed E-state index contributed by atoms with van der Waals surface area (Å²) in [6, 6.07) is 7.83. The Kier molecular flexibility index (Phi) is 6.22. The lowest BCUT2D eigenvalue weighted by Gasteiger charge is -2.32. The number of piperidine rings is 1. The first-order valence-electron chi connectivity index (χ1n) is 8.82. The zero-order valence-corrected chi connectivity index (χ0v) is 17.4. The third-order valence-corrected chi connectivity index (χ3v) is 5.57. The highest BCUT2D eigenvalue weighted by Gasteiger charge is 2.30. The van der Waals surface area contributed by atoms with Crippen molar-refractivity contribution in [3.8, 4) is 0 Å². The van der Waals surface area contributed by atoms with Crippen molar-refractivity contribution in [1.82, 2.24) is 9.88 Å². The Labute approximate surface area is 175 Å². The molecule has 1 saturated heterocycles. The van der Waals surface area contributed by atoms with Gasteiger partial charge in [-0.15, -0.1) is 0 Å². The summed E-state index contributed by atoms with van der Waals surface area (Å²) in [5.41, 5.74) is 1.16. The van der Waals surface area contributed by atoms with Crippen molar-refractivity contribution < 1.29 is 14.5 Å². The van der Waals surface area contributed by atoms with Gasteiger partial charge in [-0.3, -0.25) is 19.7 Å². The molecule has 1 unspecified atom stereocenters. The maximum absolute atomic E-state index is 12.9. The minimum absolute atomic E-state index is 0.125. The van der Waals surface area contributed by atoms with E-state index in [1.54, 1.807) is 23.2 Å².